The maximum Gasteiger partial charge on any atom is 0.0834 e. The molecule has 0 aliphatic heterocycles. The van der Waals surface area contributed by atoms with E-state index in [1.807, 2.05) is 6.92 Å². The molecular formula is C5H10ClO. The maximum atomic E-state index is 5.29. The zero-order valence-corrected chi connectivity index (χ0v) is 5.24. The van der Waals surface area contributed by atoms with Gasteiger partial charge in [0, 0.05) is 5.88 Å². The van der Waals surface area contributed by atoms with Gasteiger partial charge in [0.25, 0.3) is 0 Å². The molecule has 0 saturated carbocycles. The van der Waals surface area contributed by atoms with E-state index in [9.17, 15) is 0 Å². The highest BCUT2D eigenvalue weighted by molar-refractivity contribution is 6.17. The summed E-state index contributed by atoms with van der Waals surface area (Å²) in [6.45, 7) is 4.41. The molecule has 0 aromatic heterocycles. The molecule has 0 spiro atoms. The molecule has 0 aromatic rings. The van der Waals surface area contributed by atoms with Gasteiger partial charge in [0.15, 0.2) is 0 Å². The molecule has 1 nitrogen and oxygen atoms in total. The Labute approximate surface area is 49.6 Å². The van der Waals surface area contributed by atoms with Crippen LogP contribution in [0.15, 0.2) is 0 Å². The summed E-state index contributed by atoms with van der Waals surface area (Å²) in [5.74, 6) is 0.580. The predicted molar refractivity (Wildman–Crippen MR) is 31.3 cm³/mol. The second kappa shape index (κ2) is 6.25. The number of rotatable bonds is 4. The molecule has 0 atom stereocenters. The third-order valence-electron chi connectivity index (χ3n) is 0.480. The van der Waals surface area contributed by atoms with Crippen molar-refractivity contribution >= 4 is 11.6 Å². The summed E-state index contributed by atoms with van der Waals surface area (Å²) in [5.41, 5.74) is 0. The first-order valence-electron chi connectivity index (χ1n) is 2.41. The molecule has 0 N–H and O–H groups in total. The highest BCUT2D eigenvalue weighted by Crippen LogP contribution is 1.86. The van der Waals surface area contributed by atoms with Crippen molar-refractivity contribution < 1.29 is 4.74 Å². The van der Waals surface area contributed by atoms with Crippen molar-refractivity contribution in [3.63, 3.8) is 0 Å². The van der Waals surface area contributed by atoms with Gasteiger partial charge in [0.2, 0.25) is 0 Å². The van der Waals surface area contributed by atoms with Crippen LogP contribution in [0, 0.1) is 6.61 Å². The van der Waals surface area contributed by atoms with Gasteiger partial charge in [0.1, 0.15) is 0 Å². The van der Waals surface area contributed by atoms with Crippen molar-refractivity contribution in [3.8, 4) is 0 Å². The van der Waals surface area contributed by atoms with Gasteiger partial charge in [-0.2, -0.15) is 0 Å². The third kappa shape index (κ3) is 6.25. The molecule has 0 aliphatic rings. The van der Waals surface area contributed by atoms with Gasteiger partial charge >= 0.3 is 0 Å². The molecule has 43 valence electrons. The number of alkyl halides is 1. The Balaban J connectivity index is 2.45. The van der Waals surface area contributed by atoms with E-state index in [2.05, 4.69) is 0 Å². The number of hydrogen-bond acceptors (Lipinski definition) is 1. The van der Waals surface area contributed by atoms with E-state index in [4.69, 9.17) is 16.3 Å². The predicted octanol–water partition coefficient (Wildman–Crippen LogP) is 1.81. The van der Waals surface area contributed by atoms with Crippen molar-refractivity contribution in [1.29, 1.82) is 0 Å². The number of hydrogen-bond donors (Lipinski definition) is 0. The highest BCUT2D eigenvalue weighted by atomic mass is 35.5. The van der Waals surface area contributed by atoms with E-state index in [1.54, 1.807) is 6.61 Å². The van der Waals surface area contributed by atoms with Crippen LogP contribution < -0.4 is 0 Å². The van der Waals surface area contributed by atoms with Crippen LogP contribution in [0.5, 0.6) is 0 Å². The molecule has 0 rings (SSSR count). The number of halogens is 1. The third-order valence-corrected chi connectivity index (χ3v) is 0.634. The fraction of sp³-hybridized carbons (Fsp3) is 0.800. The Morgan fingerprint density at radius 2 is 2.43 bits per heavy atom. The molecule has 0 amide bonds. The average molecular weight is 122 g/mol. The van der Waals surface area contributed by atoms with Crippen LogP contribution >= 0.6 is 11.6 Å². The molecule has 7 heavy (non-hydrogen) atoms. The fourth-order valence-electron chi connectivity index (χ4n) is 0.246. The lowest BCUT2D eigenvalue weighted by molar-refractivity contribution is 0.212. The smallest absolute Gasteiger partial charge is 0.0834 e. The minimum absolute atomic E-state index is 0.580. The normalized spacial score (nSPS) is 9.43. The minimum Gasteiger partial charge on any atom is -0.374 e. The summed E-state index contributed by atoms with van der Waals surface area (Å²) in [5, 5.41) is 0. The van der Waals surface area contributed by atoms with Crippen LogP contribution in [0.2, 0.25) is 0 Å². The van der Waals surface area contributed by atoms with Crippen molar-refractivity contribution in [2.24, 2.45) is 0 Å². The van der Waals surface area contributed by atoms with Crippen molar-refractivity contribution in [1.82, 2.24) is 0 Å². The van der Waals surface area contributed by atoms with E-state index in [-0.39, 0.29) is 0 Å². The second-order valence-electron chi connectivity index (χ2n) is 1.13. The molecule has 1 radical (unpaired) electrons. The minimum atomic E-state index is 0.580. The second-order valence-corrected chi connectivity index (χ2v) is 1.51. The van der Waals surface area contributed by atoms with Crippen LogP contribution in [-0.2, 0) is 4.74 Å². The van der Waals surface area contributed by atoms with Gasteiger partial charge in [-0.15, -0.1) is 11.6 Å². The first kappa shape index (κ1) is 7.25. The SMILES string of the molecule is CC[CH]OCCCl. The van der Waals surface area contributed by atoms with E-state index < -0.39 is 0 Å². The van der Waals surface area contributed by atoms with E-state index in [0.29, 0.717) is 12.5 Å². The number of ether oxygens (including phenoxy) is 1. The average Bonchev–Trinajstić information content (AvgIpc) is 1.69. The Bertz CT molecular complexity index is 27.3. The van der Waals surface area contributed by atoms with Crippen LogP contribution in [0.4, 0.5) is 0 Å². The summed E-state index contributed by atoms with van der Waals surface area (Å²) in [7, 11) is 0. The lowest BCUT2D eigenvalue weighted by Crippen LogP contribution is -1.90. The molecule has 0 aromatic carbocycles. The fourth-order valence-corrected chi connectivity index (χ4v) is 0.335. The van der Waals surface area contributed by atoms with Gasteiger partial charge in [-0.1, -0.05) is 6.92 Å². The van der Waals surface area contributed by atoms with Crippen molar-refractivity contribution in [3.05, 3.63) is 6.61 Å². The van der Waals surface area contributed by atoms with Gasteiger partial charge < -0.3 is 4.74 Å². The van der Waals surface area contributed by atoms with E-state index >= 15 is 0 Å². The molecule has 0 saturated heterocycles. The monoisotopic (exact) mass is 121 g/mol. The maximum absolute atomic E-state index is 5.29. The first-order chi connectivity index (χ1) is 3.41. The molecule has 0 heterocycles. The van der Waals surface area contributed by atoms with Crippen LogP contribution in [-0.4, -0.2) is 12.5 Å². The van der Waals surface area contributed by atoms with E-state index in [1.165, 1.54) is 0 Å². The summed E-state index contributed by atoms with van der Waals surface area (Å²) in [4.78, 5) is 0. The standard InChI is InChI=1S/C5H10ClO/c1-2-4-7-5-3-6/h4H,2-3,5H2,1H3. The molecule has 0 aliphatic carbocycles. The summed E-state index contributed by atoms with van der Waals surface area (Å²) in [6, 6.07) is 0. The zero-order chi connectivity index (χ0) is 5.54. The lowest BCUT2D eigenvalue weighted by atomic mass is 10.5. The lowest BCUT2D eigenvalue weighted by Gasteiger charge is -1.93. The molecule has 2 heteroatoms. The van der Waals surface area contributed by atoms with Gasteiger partial charge in [-0.25, -0.2) is 0 Å². The van der Waals surface area contributed by atoms with Crippen molar-refractivity contribution in [2.45, 2.75) is 13.3 Å². The largest absolute Gasteiger partial charge is 0.374 e. The van der Waals surface area contributed by atoms with Crippen molar-refractivity contribution in [2.75, 3.05) is 12.5 Å². The quantitative estimate of drug-likeness (QED) is 0.407. The summed E-state index contributed by atoms with van der Waals surface area (Å²) < 4.78 is 4.88. The molecule has 0 fully saturated rings. The Morgan fingerprint density at radius 1 is 1.71 bits per heavy atom. The first-order valence-corrected chi connectivity index (χ1v) is 2.94. The van der Waals surface area contributed by atoms with Crippen LogP contribution in [0.25, 0.3) is 0 Å². The molecule has 0 bridgehead atoms. The van der Waals surface area contributed by atoms with E-state index in [0.717, 1.165) is 6.42 Å². The molecule has 0 unspecified atom stereocenters. The Morgan fingerprint density at radius 3 is 2.86 bits per heavy atom. The Kier molecular flexibility index (Phi) is 6.47. The van der Waals surface area contributed by atoms with Gasteiger partial charge in [0.05, 0.1) is 13.2 Å². The van der Waals surface area contributed by atoms with Gasteiger partial charge in [-0.05, 0) is 6.42 Å². The van der Waals surface area contributed by atoms with Gasteiger partial charge in [-0.3, -0.25) is 0 Å². The Hall–Kier alpha value is 0.250. The highest BCUT2D eigenvalue weighted by Gasteiger charge is 1.80. The summed E-state index contributed by atoms with van der Waals surface area (Å²) >= 11 is 5.29. The van der Waals surface area contributed by atoms with Crippen LogP contribution in [0.1, 0.15) is 13.3 Å². The van der Waals surface area contributed by atoms with Crippen LogP contribution in [0.3, 0.4) is 0 Å². The zero-order valence-electron chi connectivity index (χ0n) is 4.48. The summed E-state index contributed by atoms with van der Waals surface area (Å²) in [6.07, 6.45) is 0.955. The molecular weight excluding hydrogens is 112 g/mol. The topological polar surface area (TPSA) is 9.23 Å².